The standard InChI is InChI=1S/C16H18N4O3/c1-17-16(21)11-5-8-19(9-6-11)14-2-3-15(20(22)23)13-10-18-7-4-12(13)14/h2-4,7,10-11H,5-6,8-9H2,1H3,(H,17,21). The molecule has 1 saturated heterocycles. The fourth-order valence-corrected chi connectivity index (χ4v) is 3.18. The Morgan fingerprint density at radius 3 is 2.70 bits per heavy atom. The van der Waals surface area contributed by atoms with Crippen LogP contribution in [-0.2, 0) is 4.79 Å². The summed E-state index contributed by atoms with van der Waals surface area (Å²) in [5.41, 5.74) is 1.03. The van der Waals surface area contributed by atoms with Gasteiger partial charge in [0.2, 0.25) is 5.91 Å². The topological polar surface area (TPSA) is 88.4 Å². The zero-order valence-electron chi connectivity index (χ0n) is 12.9. The molecule has 1 aromatic carbocycles. The largest absolute Gasteiger partial charge is 0.371 e. The number of hydrogen-bond acceptors (Lipinski definition) is 5. The molecule has 0 atom stereocenters. The molecule has 1 aliphatic heterocycles. The number of fused-ring (bicyclic) bond motifs is 1. The molecule has 2 aromatic rings. The van der Waals surface area contributed by atoms with Crippen LogP contribution in [0.3, 0.4) is 0 Å². The zero-order valence-corrected chi connectivity index (χ0v) is 12.9. The lowest BCUT2D eigenvalue weighted by molar-refractivity contribution is -0.383. The Labute approximate surface area is 133 Å². The highest BCUT2D eigenvalue weighted by molar-refractivity contribution is 5.99. The number of carbonyl (C=O) groups excluding carboxylic acids is 1. The fraction of sp³-hybridized carbons (Fsp3) is 0.375. The maximum Gasteiger partial charge on any atom is 0.278 e. The second-order valence-electron chi connectivity index (χ2n) is 5.66. The molecule has 0 saturated carbocycles. The molecule has 3 rings (SSSR count). The number of piperidine rings is 1. The van der Waals surface area contributed by atoms with Crippen molar-refractivity contribution in [2.45, 2.75) is 12.8 Å². The van der Waals surface area contributed by atoms with Gasteiger partial charge in [-0.3, -0.25) is 19.9 Å². The predicted octanol–water partition coefficient (Wildman–Crippen LogP) is 2.11. The molecule has 120 valence electrons. The molecule has 23 heavy (non-hydrogen) atoms. The molecule has 0 bridgehead atoms. The lowest BCUT2D eigenvalue weighted by Gasteiger charge is -2.33. The number of non-ortho nitro benzene ring substituents is 1. The number of nitrogens with zero attached hydrogens (tertiary/aromatic N) is 3. The summed E-state index contributed by atoms with van der Waals surface area (Å²) in [7, 11) is 1.66. The lowest BCUT2D eigenvalue weighted by Crippen LogP contribution is -2.39. The first-order valence-corrected chi connectivity index (χ1v) is 7.59. The fourth-order valence-electron chi connectivity index (χ4n) is 3.18. The predicted molar refractivity (Wildman–Crippen MR) is 87.4 cm³/mol. The number of pyridine rings is 1. The van der Waals surface area contributed by atoms with Crippen molar-refractivity contribution < 1.29 is 9.72 Å². The molecule has 7 heteroatoms. The summed E-state index contributed by atoms with van der Waals surface area (Å²) in [6.07, 6.45) is 4.74. The number of amides is 1. The van der Waals surface area contributed by atoms with Crippen LogP contribution >= 0.6 is 0 Å². The van der Waals surface area contributed by atoms with Gasteiger partial charge in [0, 0.05) is 55.6 Å². The van der Waals surface area contributed by atoms with Gasteiger partial charge in [-0.15, -0.1) is 0 Å². The maximum absolute atomic E-state index is 11.7. The molecule has 1 aliphatic rings. The van der Waals surface area contributed by atoms with Crippen molar-refractivity contribution in [2.75, 3.05) is 25.0 Å². The Hall–Kier alpha value is -2.70. The van der Waals surface area contributed by atoms with Crippen molar-refractivity contribution in [3.63, 3.8) is 0 Å². The minimum absolute atomic E-state index is 0.0437. The Morgan fingerprint density at radius 2 is 2.04 bits per heavy atom. The number of nitro benzene ring substituents is 1. The number of benzene rings is 1. The van der Waals surface area contributed by atoms with E-state index in [1.807, 2.05) is 6.07 Å². The molecule has 0 aliphatic carbocycles. The van der Waals surface area contributed by atoms with Crippen LogP contribution in [-0.4, -0.2) is 36.0 Å². The van der Waals surface area contributed by atoms with Crippen LogP contribution in [0, 0.1) is 16.0 Å². The second kappa shape index (κ2) is 6.20. The van der Waals surface area contributed by atoms with Crippen molar-refractivity contribution in [3.05, 3.63) is 40.7 Å². The molecule has 1 N–H and O–H groups in total. The quantitative estimate of drug-likeness (QED) is 0.692. The molecule has 1 aromatic heterocycles. The van der Waals surface area contributed by atoms with Gasteiger partial charge in [0.25, 0.3) is 5.69 Å². The van der Waals surface area contributed by atoms with Gasteiger partial charge in [0.1, 0.15) is 0 Å². The van der Waals surface area contributed by atoms with Gasteiger partial charge >= 0.3 is 0 Å². The van der Waals surface area contributed by atoms with Crippen LogP contribution < -0.4 is 10.2 Å². The molecule has 0 spiro atoms. The first-order chi connectivity index (χ1) is 11.1. The van der Waals surface area contributed by atoms with Gasteiger partial charge in [-0.1, -0.05) is 0 Å². The lowest BCUT2D eigenvalue weighted by atomic mass is 9.95. The van der Waals surface area contributed by atoms with E-state index in [1.54, 1.807) is 19.3 Å². The number of hydrogen-bond donors (Lipinski definition) is 1. The van der Waals surface area contributed by atoms with Crippen molar-refractivity contribution in [1.29, 1.82) is 0 Å². The molecular weight excluding hydrogens is 296 g/mol. The van der Waals surface area contributed by atoms with Crippen molar-refractivity contribution >= 4 is 28.1 Å². The SMILES string of the molecule is CNC(=O)C1CCN(c2ccc([N+](=O)[O-])c3cnccc23)CC1. The summed E-state index contributed by atoms with van der Waals surface area (Å²) in [4.78, 5) is 28.7. The van der Waals surface area contributed by atoms with Gasteiger partial charge in [0.15, 0.2) is 0 Å². The smallest absolute Gasteiger partial charge is 0.278 e. The summed E-state index contributed by atoms with van der Waals surface area (Å²) in [6, 6.07) is 5.13. The highest BCUT2D eigenvalue weighted by atomic mass is 16.6. The normalized spacial score (nSPS) is 15.6. The van der Waals surface area contributed by atoms with E-state index in [0.29, 0.717) is 5.39 Å². The van der Waals surface area contributed by atoms with Crippen molar-refractivity contribution in [3.8, 4) is 0 Å². The van der Waals surface area contributed by atoms with Gasteiger partial charge in [-0.05, 0) is 25.0 Å². The summed E-state index contributed by atoms with van der Waals surface area (Å²) in [5.74, 6) is 0.129. The second-order valence-corrected chi connectivity index (χ2v) is 5.66. The van der Waals surface area contributed by atoms with Crippen molar-refractivity contribution in [2.24, 2.45) is 5.92 Å². The molecule has 7 nitrogen and oxygen atoms in total. The third kappa shape index (κ3) is 2.81. The molecular formula is C16H18N4O3. The van der Waals surface area contributed by atoms with E-state index in [-0.39, 0.29) is 22.4 Å². The number of anilines is 1. The summed E-state index contributed by atoms with van der Waals surface area (Å²) < 4.78 is 0. The Kier molecular flexibility index (Phi) is 4.10. The van der Waals surface area contributed by atoms with Crippen molar-refractivity contribution in [1.82, 2.24) is 10.3 Å². The number of nitro groups is 1. The molecule has 1 amide bonds. The number of rotatable bonds is 3. The minimum atomic E-state index is -0.383. The summed E-state index contributed by atoms with van der Waals surface area (Å²) in [6.45, 7) is 1.51. The van der Waals surface area contributed by atoms with E-state index in [9.17, 15) is 14.9 Å². The highest BCUT2D eigenvalue weighted by Gasteiger charge is 2.26. The van der Waals surface area contributed by atoms with E-state index in [1.165, 1.54) is 12.3 Å². The van der Waals surface area contributed by atoms with Gasteiger partial charge in [0.05, 0.1) is 10.3 Å². The Morgan fingerprint density at radius 1 is 1.30 bits per heavy atom. The summed E-state index contributed by atoms with van der Waals surface area (Å²) >= 11 is 0. The zero-order chi connectivity index (χ0) is 16.4. The van der Waals surface area contributed by atoms with E-state index in [4.69, 9.17) is 0 Å². The van der Waals surface area contributed by atoms with Gasteiger partial charge in [-0.2, -0.15) is 0 Å². The first kappa shape index (κ1) is 15.2. The minimum Gasteiger partial charge on any atom is -0.371 e. The van der Waals surface area contributed by atoms with E-state index < -0.39 is 0 Å². The van der Waals surface area contributed by atoms with Gasteiger partial charge < -0.3 is 10.2 Å². The maximum atomic E-state index is 11.7. The molecule has 1 fully saturated rings. The van der Waals surface area contributed by atoms with Crippen LogP contribution in [0.2, 0.25) is 0 Å². The Balaban J connectivity index is 1.91. The third-order valence-corrected chi connectivity index (χ3v) is 4.42. The average Bonchev–Trinajstić information content (AvgIpc) is 2.60. The number of aromatic nitrogens is 1. The monoisotopic (exact) mass is 314 g/mol. The molecule has 2 heterocycles. The van der Waals surface area contributed by atoms with E-state index in [0.717, 1.165) is 37.0 Å². The van der Waals surface area contributed by atoms with Crippen LogP contribution in [0.4, 0.5) is 11.4 Å². The first-order valence-electron chi connectivity index (χ1n) is 7.59. The van der Waals surface area contributed by atoms with Crippen LogP contribution in [0.15, 0.2) is 30.6 Å². The number of carbonyl (C=O) groups is 1. The van der Waals surface area contributed by atoms with Crippen LogP contribution in [0.5, 0.6) is 0 Å². The third-order valence-electron chi connectivity index (χ3n) is 4.42. The highest BCUT2D eigenvalue weighted by Crippen LogP contribution is 2.34. The number of nitrogens with one attached hydrogen (secondary N) is 1. The van der Waals surface area contributed by atoms with Crippen LogP contribution in [0.25, 0.3) is 10.8 Å². The summed E-state index contributed by atoms with van der Waals surface area (Å²) in [5, 5.41) is 15.2. The van der Waals surface area contributed by atoms with E-state index >= 15 is 0 Å². The average molecular weight is 314 g/mol. The molecule has 0 radical (unpaired) electrons. The van der Waals surface area contributed by atoms with Gasteiger partial charge in [-0.25, -0.2) is 0 Å². The molecule has 0 unspecified atom stereocenters. The van der Waals surface area contributed by atoms with E-state index in [2.05, 4.69) is 15.2 Å². The van der Waals surface area contributed by atoms with Crippen LogP contribution in [0.1, 0.15) is 12.8 Å². The Bertz CT molecular complexity index is 754.